The lowest BCUT2D eigenvalue weighted by molar-refractivity contribution is 0.357. The van der Waals surface area contributed by atoms with Gasteiger partial charge in [0, 0.05) is 23.8 Å². The Hall–Kier alpha value is -1.98. The van der Waals surface area contributed by atoms with Crippen molar-refractivity contribution < 1.29 is 16.8 Å². The number of aryl methyl sites for hydroxylation is 2. The molecule has 2 aliphatic carbocycles. The first kappa shape index (κ1) is 28.5. The van der Waals surface area contributed by atoms with Gasteiger partial charge in [-0.3, -0.25) is 0 Å². The first-order valence-electron chi connectivity index (χ1n) is 13.8. The second-order valence-electron chi connectivity index (χ2n) is 11.0. The highest BCUT2D eigenvalue weighted by Gasteiger charge is 2.40. The maximum atomic E-state index is 13.2. The van der Waals surface area contributed by atoms with E-state index >= 15 is 0 Å². The van der Waals surface area contributed by atoms with Crippen LogP contribution in [0.2, 0.25) is 5.02 Å². The van der Waals surface area contributed by atoms with Crippen molar-refractivity contribution >= 4 is 42.7 Å². The number of halogens is 1. The van der Waals surface area contributed by atoms with Crippen LogP contribution in [0.15, 0.2) is 47.6 Å². The fraction of sp³-hybridized carbons (Fsp3) is 0.536. The number of hydrogen-bond acceptors (Lipinski definition) is 6. The van der Waals surface area contributed by atoms with Gasteiger partial charge in [0.25, 0.3) is 10.0 Å². The molecule has 0 amide bonds. The third-order valence-corrected chi connectivity index (χ3v) is 12.3. The standard InChI is InChI=1S/C28H37ClN4O4S2/c1-3-20-15-23(32-38(34,35)24-10-11-24)16-22(20)17-30-13-4-5-21-18-31-28-26(27(21)29)12-14-33(28)39(36,37)25-8-6-19(2)7-9-25/h6-9,12,14,18,20,22-24,30,32H,3-5,10-11,13,15-17H2,1-2H3/t20-,22-,23+/m1/s1. The zero-order valence-electron chi connectivity index (χ0n) is 22.4. The summed E-state index contributed by atoms with van der Waals surface area (Å²) < 4.78 is 55.2. The van der Waals surface area contributed by atoms with Gasteiger partial charge in [0.05, 0.1) is 15.2 Å². The van der Waals surface area contributed by atoms with Gasteiger partial charge >= 0.3 is 0 Å². The molecular weight excluding hydrogens is 556 g/mol. The van der Waals surface area contributed by atoms with Crippen LogP contribution >= 0.6 is 11.6 Å². The Labute approximate surface area is 236 Å². The molecule has 0 radical (unpaired) electrons. The van der Waals surface area contributed by atoms with Gasteiger partial charge in [0.15, 0.2) is 5.65 Å². The van der Waals surface area contributed by atoms with Gasteiger partial charge in [-0.15, -0.1) is 0 Å². The van der Waals surface area contributed by atoms with Crippen LogP contribution in [0.4, 0.5) is 0 Å². The fourth-order valence-corrected chi connectivity index (χ4v) is 8.92. The summed E-state index contributed by atoms with van der Waals surface area (Å²) in [5, 5.41) is 4.54. The minimum Gasteiger partial charge on any atom is -0.316 e. The quantitative estimate of drug-likeness (QED) is 0.296. The Morgan fingerprint density at radius 1 is 1.05 bits per heavy atom. The molecule has 2 aliphatic rings. The van der Waals surface area contributed by atoms with Crippen molar-refractivity contribution in [3.63, 3.8) is 0 Å². The molecule has 8 nitrogen and oxygen atoms in total. The summed E-state index contributed by atoms with van der Waals surface area (Å²) in [5.74, 6) is 0.976. The zero-order chi connectivity index (χ0) is 27.8. The fourth-order valence-electron chi connectivity index (χ4n) is 5.72. The number of rotatable bonds is 12. The summed E-state index contributed by atoms with van der Waals surface area (Å²) in [4.78, 5) is 4.68. The smallest absolute Gasteiger partial charge is 0.269 e. The van der Waals surface area contributed by atoms with Crippen molar-refractivity contribution in [2.75, 3.05) is 13.1 Å². The van der Waals surface area contributed by atoms with Crippen LogP contribution in [0, 0.1) is 18.8 Å². The molecule has 2 N–H and O–H groups in total. The van der Waals surface area contributed by atoms with E-state index < -0.39 is 20.0 Å². The van der Waals surface area contributed by atoms with E-state index in [9.17, 15) is 16.8 Å². The minimum atomic E-state index is -3.78. The molecule has 39 heavy (non-hydrogen) atoms. The van der Waals surface area contributed by atoms with Gasteiger partial charge in [0.2, 0.25) is 10.0 Å². The summed E-state index contributed by atoms with van der Waals surface area (Å²) in [6.45, 7) is 5.77. The molecule has 0 unspecified atom stereocenters. The van der Waals surface area contributed by atoms with E-state index in [-0.39, 0.29) is 16.2 Å². The van der Waals surface area contributed by atoms with Gasteiger partial charge in [-0.1, -0.05) is 42.6 Å². The van der Waals surface area contributed by atoms with Crippen LogP contribution in [0.25, 0.3) is 11.0 Å². The third kappa shape index (κ3) is 6.20. The number of aromatic nitrogens is 2. The highest BCUT2D eigenvalue weighted by Crippen LogP contribution is 2.36. The number of hydrogen-bond donors (Lipinski definition) is 2. The zero-order valence-corrected chi connectivity index (χ0v) is 24.8. The maximum absolute atomic E-state index is 13.2. The molecule has 2 heterocycles. The van der Waals surface area contributed by atoms with Crippen molar-refractivity contribution in [1.82, 2.24) is 19.0 Å². The van der Waals surface area contributed by atoms with Crippen molar-refractivity contribution in [2.24, 2.45) is 11.8 Å². The molecule has 0 bridgehead atoms. The van der Waals surface area contributed by atoms with Crippen LogP contribution in [-0.4, -0.2) is 50.2 Å². The Morgan fingerprint density at radius 3 is 2.46 bits per heavy atom. The third-order valence-electron chi connectivity index (χ3n) is 8.13. The number of nitrogens with zero attached hydrogens (tertiary/aromatic N) is 2. The highest BCUT2D eigenvalue weighted by atomic mass is 35.5. The summed E-state index contributed by atoms with van der Waals surface area (Å²) in [7, 11) is -6.93. The van der Waals surface area contributed by atoms with Crippen molar-refractivity contribution in [1.29, 1.82) is 0 Å². The van der Waals surface area contributed by atoms with Crippen LogP contribution in [0.5, 0.6) is 0 Å². The van der Waals surface area contributed by atoms with Gasteiger partial charge in [-0.25, -0.2) is 30.5 Å². The lowest BCUT2D eigenvalue weighted by Gasteiger charge is -2.18. The molecule has 1 aromatic carbocycles. The second kappa shape index (κ2) is 11.5. The molecule has 3 atom stereocenters. The number of pyridine rings is 1. The Balaban J connectivity index is 1.15. The molecule has 0 saturated heterocycles. The largest absolute Gasteiger partial charge is 0.316 e. The molecule has 0 aliphatic heterocycles. The Morgan fingerprint density at radius 2 is 1.77 bits per heavy atom. The van der Waals surface area contributed by atoms with E-state index in [1.165, 1.54) is 10.2 Å². The maximum Gasteiger partial charge on any atom is 0.269 e. The minimum absolute atomic E-state index is 0.0473. The van der Waals surface area contributed by atoms with Gasteiger partial charge in [-0.2, -0.15) is 0 Å². The van der Waals surface area contributed by atoms with Crippen molar-refractivity contribution in [3.8, 4) is 0 Å². The molecule has 2 fully saturated rings. The van der Waals surface area contributed by atoms with Crippen LogP contribution < -0.4 is 10.0 Å². The van der Waals surface area contributed by atoms with Crippen LogP contribution in [0.3, 0.4) is 0 Å². The molecule has 2 aromatic heterocycles. The lowest BCUT2D eigenvalue weighted by atomic mass is 9.93. The molecular formula is C28H37ClN4O4S2. The predicted molar refractivity (Wildman–Crippen MR) is 155 cm³/mol. The summed E-state index contributed by atoms with van der Waals surface area (Å²) in [5.41, 5.74) is 2.19. The first-order chi connectivity index (χ1) is 18.6. The summed E-state index contributed by atoms with van der Waals surface area (Å²) >= 11 is 6.70. The predicted octanol–water partition coefficient (Wildman–Crippen LogP) is 4.64. The van der Waals surface area contributed by atoms with Crippen molar-refractivity contribution in [3.05, 3.63) is 58.9 Å². The number of fused-ring (bicyclic) bond motifs is 1. The molecule has 3 aromatic rings. The highest BCUT2D eigenvalue weighted by molar-refractivity contribution is 7.90. The second-order valence-corrected chi connectivity index (χ2v) is 15.2. The average molecular weight is 593 g/mol. The molecule has 2 saturated carbocycles. The van der Waals surface area contributed by atoms with E-state index in [0.29, 0.717) is 27.9 Å². The molecule has 0 spiro atoms. The van der Waals surface area contributed by atoms with E-state index in [4.69, 9.17) is 11.6 Å². The number of sulfonamides is 1. The topological polar surface area (TPSA) is 110 Å². The lowest BCUT2D eigenvalue weighted by Crippen LogP contribution is -2.35. The average Bonchev–Trinajstić information content (AvgIpc) is 3.57. The number of benzene rings is 1. The van der Waals surface area contributed by atoms with E-state index in [1.807, 2.05) is 6.92 Å². The summed E-state index contributed by atoms with van der Waals surface area (Å²) in [6, 6.07) is 8.49. The van der Waals surface area contributed by atoms with Gasteiger partial charge in [-0.05, 0) is 94.1 Å². The van der Waals surface area contributed by atoms with Gasteiger partial charge in [0.1, 0.15) is 0 Å². The van der Waals surface area contributed by atoms with Crippen molar-refractivity contribution in [2.45, 2.75) is 75.0 Å². The molecule has 5 rings (SSSR count). The van der Waals surface area contributed by atoms with E-state index in [2.05, 4.69) is 21.9 Å². The summed E-state index contributed by atoms with van der Waals surface area (Å²) in [6.07, 6.45) is 9.17. The van der Waals surface area contributed by atoms with Crippen LogP contribution in [-0.2, 0) is 26.5 Å². The van der Waals surface area contributed by atoms with Crippen LogP contribution in [0.1, 0.15) is 56.6 Å². The van der Waals surface area contributed by atoms with E-state index in [1.54, 1.807) is 36.5 Å². The molecule has 212 valence electrons. The normalized spacial score (nSPS) is 22.1. The van der Waals surface area contributed by atoms with Gasteiger partial charge < -0.3 is 5.32 Å². The molecule has 11 heteroatoms. The SMILES string of the molecule is CC[C@@H]1C[C@H](NS(=O)(=O)C2CC2)C[C@@H]1CNCCCc1cnc2c(ccn2S(=O)(=O)c2ccc(C)cc2)c1Cl. The van der Waals surface area contributed by atoms with E-state index in [0.717, 1.165) is 69.2 Å². The Kier molecular flexibility index (Phi) is 8.41. The monoisotopic (exact) mass is 592 g/mol. The number of nitrogens with one attached hydrogen (secondary N) is 2. The Bertz CT molecular complexity index is 1530. The first-order valence-corrected chi connectivity index (χ1v) is 17.1.